The number of hydrogen-bond donors (Lipinski definition) is 2. The number of carbonyl (C=O) groups is 4. The summed E-state index contributed by atoms with van der Waals surface area (Å²) in [5.41, 5.74) is 2.99. The zero-order valence-electron chi connectivity index (χ0n) is 21.9. The van der Waals surface area contributed by atoms with E-state index in [2.05, 4.69) is 24.5 Å². The molecule has 9 heteroatoms. The molecule has 0 aromatic heterocycles. The number of nitrogens with zero attached hydrogens (tertiary/aromatic N) is 1. The van der Waals surface area contributed by atoms with E-state index in [4.69, 9.17) is 16.3 Å². The largest absolute Gasteiger partial charge is 0.459 e. The molecule has 1 aliphatic rings. The maximum atomic E-state index is 13.2. The van der Waals surface area contributed by atoms with Crippen molar-refractivity contribution in [3.63, 3.8) is 0 Å². The number of ether oxygens (including phenoxy) is 1. The summed E-state index contributed by atoms with van der Waals surface area (Å²) in [5.74, 6) is -1.83. The summed E-state index contributed by atoms with van der Waals surface area (Å²) >= 11 is 6.25. The van der Waals surface area contributed by atoms with Gasteiger partial charge in [-0.15, -0.1) is 0 Å². The average Bonchev–Trinajstić information content (AvgIpc) is 3.11. The highest BCUT2D eigenvalue weighted by Gasteiger charge is 2.39. The lowest BCUT2D eigenvalue weighted by molar-refractivity contribution is -0.120. The summed E-state index contributed by atoms with van der Waals surface area (Å²) in [7, 11) is 0. The van der Waals surface area contributed by atoms with Gasteiger partial charge in [-0.05, 0) is 79.9 Å². The Hall–Kier alpha value is -4.43. The molecule has 2 N–H and O–H groups in total. The van der Waals surface area contributed by atoms with Crippen LogP contribution in [0.15, 0.2) is 83.5 Å². The monoisotopic (exact) mass is 545 g/mol. The van der Waals surface area contributed by atoms with E-state index in [1.54, 1.807) is 38.1 Å². The van der Waals surface area contributed by atoms with Gasteiger partial charge in [0, 0.05) is 16.9 Å². The summed E-state index contributed by atoms with van der Waals surface area (Å²) in [5, 5.41) is 5.45. The van der Waals surface area contributed by atoms with Crippen LogP contribution in [-0.2, 0) is 14.3 Å². The van der Waals surface area contributed by atoms with Crippen molar-refractivity contribution in [2.75, 3.05) is 15.5 Å². The summed E-state index contributed by atoms with van der Waals surface area (Å²) < 4.78 is 5.16. The van der Waals surface area contributed by atoms with Crippen molar-refractivity contribution in [1.29, 1.82) is 0 Å². The van der Waals surface area contributed by atoms with E-state index in [0.717, 1.165) is 4.90 Å². The van der Waals surface area contributed by atoms with Crippen molar-refractivity contribution in [3.8, 4) is 0 Å². The fourth-order valence-corrected chi connectivity index (χ4v) is 4.12. The lowest BCUT2D eigenvalue weighted by atomic mass is 10.0. The predicted molar refractivity (Wildman–Crippen MR) is 151 cm³/mol. The number of rotatable bonds is 8. The number of nitrogens with one attached hydrogen (secondary N) is 2. The second kappa shape index (κ2) is 11.5. The van der Waals surface area contributed by atoms with Gasteiger partial charge in [0.15, 0.2) is 0 Å². The van der Waals surface area contributed by atoms with Crippen LogP contribution in [0.25, 0.3) is 0 Å². The first-order valence-corrected chi connectivity index (χ1v) is 12.8. The zero-order chi connectivity index (χ0) is 28.3. The van der Waals surface area contributed by atoms with Crippen LogP contribution >= 0.6 is 11.6 Å². The van der Waals surface area contributed by atoms with Gasteiger partial charge in [0.2, 0.25) is 0 Å². The number of halogens is 1. The van der Waals surface area contributed by atoms with Crippen molar-refractivity contribution in [1.82, 2.24) is 0 Å². The third-order valence-corrected chi connectivity index (χ3v) is 6.31. The molecule has 1 heterocycles. The molecule has 1 aliphatic heterocycles. The minimum absolute atomic E-state index is 0.119. The lowest BCUT2D eigenvalue weighted by Gasteiger charge is -2.16. The van der Waals surface area contributed by atoms with Gasteiger partial charge in [-0.2, -0.15) is 0 Å². The SMILES string of the molecule is CC(C)OC(=O)c1ccc(N2C(=O)C(Cl)=C(Nc3cccc(C(=O)Nc4ccc(C(C)C)cc4)c3)C2=O)cc1. The standard InChI is InChI=1S/C30H28ClN3O5/c1-17(2)19-8-12-22(13-9-19)33-27(35)21-6-5-7-23(16-21)32-26-25(31)28(36)34(29(26)37)24-14-10-20(11-15-24)30(38)39-18(3)4/h5-18,32H,1-4H3,(H,33,35). The number of imide groups is 1. The number of hydrogen-bond acceptors (Lipinski definition) is 6. The molecule has 0 aliphatic carbocycles. The van der Waals surface area contributed by atoms with Crippen molar-refractivity contribution >= 4 is 52.4 Å². The van der Waals surface area contributed by atoms with Crippen LogP contribution in [0.4, 0.5) is 17.1 Å². The lowest BCUT2D eigenvalue weighted by Crippen LogP contribution is -2.32. The maximum absolute atomic E-state index is 13.2. The fraction of sp³-hybridized carbons (Fsp3) is 0.200. The molecule has 0 bridgehead atoms. The Balaban J connectivity index is 1.47. The van der Waals surface area contributed by atoms with Gasteiger partial charge in [-0.3, -0.25) is 14.4 Å². The third-order valence-electron chi connectivity index (χ3n) is 5.96. The molecular formula is C30H28ClN3O5. The Morgan fingerprint density at radius 1 is 0.821 bits per heavy atom. The molecule has 39 heavy (non-hydrogen) atoms. The molecule has 3 aromatic carbocycles. The van der Waals surface area contributed by atoms with E-state index >= 15 is 0 Å². The maximum Gasteiger partial charge on any atom is 0.338 e. The van der Waals surface area contributed by atoms with E-state index in [1.165, 1.54) is 29.8 Å². The van der Waals surface area contributed by atoms with Crippen LogP contribution in [0.1, 0.15) is 59.9 Å². The minimum atomic E-state index is -0.708. The third kappa shape index (κ3) is 6.18. The molecule has 0 saturated carbocycles. The number of carbonyl (C=O) groups excluding carboxylic acids is 4. The molecule has 0 atom stereocenters. The van der Waals surface area contributed by atoms with Crippen molar-refractivity contribution in [3.05, 3.63) is 100 Å². The summed E-state index contributed by atoms with van der Waals surface area (Å²) in [6.07, 6.45) is -0.281. The van der Waals surface area contributed by atoms with Crippen molar-refractivity contribution in [2.24, 2.45) is 0 Å². The van der Waals surface area contributed by atoms with Gasteiger partial charge < -0.3 is 15.4 Å². The number of amides is 3. The van der Waals surface area contributed by atoms with Gasteiger partial charge >= 0.3 is 5.97 Å². The van der Waals surface area contributed by atoms with E-state index in [-0.39, 0.29) is 34.0 Å². The highest BCUT2D eigenvalue weighted by Crippen LogP contribution is 2.30. The Labute approximate surface area is 231 Å². The molecule has 3 aromatic rings. The Bertz CT molecular complexity index is 1460. The first-order chi connectivity index (χ1) is 18.5. The van der Waals surface area contributed by atoms with E-state index in [9.17, 15) is 19.2 Å². The fourth-order valence-electron chi connectivity index (χ4n) is 3.91. The van der Waals surface area contributed by atoms with Gasteiger partial charge in [-0.1, -0.05) is 43.6 Å². The zero-order valence-corrected chi connectivity index (χ0v) is 22.7. The van der Waals surface area contributed by atoms with Gasteiger partial charge in [-0.25, -0.2) is 9.69 Å². The van der Waals surface area contributed by atoms with Crippen LogP contribution in [0.2, 0.25) is 0 Å². The molecule has 0 fully saturated rings. The summed E-state index contributed by atoms with van der Waals surface area (Å²) in [4.78, 5) is 51.9. The van der Waals surface area contributed by atoms with Gasteiger partial charge in [0.1, 0.15) is 10.7 Å². The molecule has 200 valence electrons. The Kier molecular flexibility index (Phi) is 8.16. The summed E-state index contributed by atoms with van der Waals surface area (Å²) in [6.45, 7) is 7.67. The first-order valence-electron chi connectivity index (χ1n) is 12.4. The molecule has 8 nitrogen and oxygen atoms in total. The van der Waals surface area contributed by atoms with Crippen molar-refractivity contribution < 1.29 is 23.9 Å². The second-order valence-electron chi connectivity index (χ2n) is 9.57. The highest BCUT2D eigenvalue weighted by atomic mass is 35.5. The van der Waals surface area contributed by atoms with E-state index in [1.807, 2.05) is 24.3 Å². The van der Waals surface area contributed by atoms with Gasteiger partial charge in [0.05, 0.1) is 17.4 Å². The topological polar surface area (TPSA) is 105 Å². The molecule has 4 rings (SSSR count). The normalized spacial score (nSPS) is 13.4. The molecule has 0 saturated heterocycles. The quantitative estimate of drug-likeness (QED) is 0.263. The number of esters is 1. The van der Waals surface area contributed by atoms with Crippen LogP contribution in [-0.4, -0.2) is 29.8 Å². The van der Waals surface area contributed by atoms with Crippen LogP contribution in [0, 0.1) is 0 Å². The van der Waals surface area contributed by atoms with Crippen molar-refractivity contribution in [2.45, 2.75) is 39.7 Å². The summed E-state index contributed by atoms with van der Waals surface area (Å²) in [6, 6.07) is 20.0. The molecule has 0 spiro atoms. The second-order valence-corrected chi connectivity index (χ2v) is 9.95. The average molecular weight is 546 g/mol. The molecule has 0 radical (unpaired) electrons. The predicted octanol–water partition coefficient (Wildman–Crippen LogP) is 6.06. The molecule has 0 unspecified atom stereocenters. The number of benzene rings is 3. The molecule has 3 amide bonds. The Morgan fingerprint density at radius 2 is 1.49 bits per heavy atom. The van der Waals surface area contributed by atoms with Crippen LogP contribution in [0.5, 0.6) is 0 Å². The van der Waals surface area contributed by atoms with Crippen LogP contribution in [0.3, 0.4) is 0 Å². The van der Waals surface area contributed by atoms with E-state index < -0.39 is 17.8 Å². The Morgan fingerprint density at radius 3 is 2.10 bits per heavy atom. The van der Waals surface area contributed by atoms with E-state index in [0.29, 0.717) is 22.9 Å². The minimum Gasteiger partial charge on any atom is -0.459 e. The van der Waals surface area contributed by atoms with Crippen LogP contribution < -0.4 is 15.5 Å². The molecular weight excluding hydrogens is 518 g/mol. The smallest absolute Gasteiger partial charge is 0.338 e. The van der Waals surface area contributed by atoms with Gasteiger partial charge in [0.25, 0.3) is 17.7 Å². The highest BCUT2D eigenvalue weighted by molar-refractivity contribution is 6.53. The number of anilines is 3. The first kappa shape index (κ1) is 27.6.